The van der Waals surface area contributed by atoms with Gasteiger partial charge in [0.05, 0.1) is 18.4 Å². The van der Waals surface area contributed by atoms with Gasteiger partial charge in [0, 0.05) is 6.42 Å². The molecule has 6 nitrogen and oxygen atoms in total. The molecule has 0 saturated heterocycles. The summed E-state index contributed by atoms with van der Waals surface area (Å²) in [5, 5.41) is 8.16. The summed E-state index contributed by atoms with van der Waals surface area (Å²) in [4.78, 5) is 23.5. The van der Waals surface area contributed by atoms with Crippen LogP contribution in [0, 0.1) is 0 Å². The van der Waals surface area contributed by atoms with E-state index in [9.17, 15) is 9.59 Å². The summed E-state index contributed by atoms with van der Waals surface area (Å²) in [6.45, 7) is 1.85. The van der Waals surface area contributed by atoms with E-state index in [0.717, 1.165) is 0 Å². The maximum absolute atomic E-state index is 11.8. The van der Waals surface area contributed by atoms with Crippen LogP contribution in [0.15, 0.2) is 24.3 Å². The van der Waals surface area contributed by atoms with Crippen LogP contribution in [-0.4, -0.2) is 34.1 Å². The molecule has 0 heterocycles. The molecule has 0 aliphatic carbocycles. The first-order valence-corrected chi connectivity index (χ1v) is 8.84. The van der Waals surface area contributed by atoms with E-state index in [0.29, 0.717) is 12.1 Å². The topological polar surface area (TPSA) is 79.5 Å². The van der Waals surface area contributed by atoms with Crippen LogP contribution in [0.2, 0.25) is 0 Å². The van der Waals surface area contributed by atoms with Gasteiger partial charge in [-0.15, -0.1) is 0 Å². The lowest BCUT2D eigenvalue weighted by Crippen LogP contribution is -2.56. The molecule has 0 bridgehead atoms. The van der Waals surface area contributed by atoms with Crippen LogP contribution in [0.3, 0.4) is 0 Å². The van der Waals surface area contributed by atoms with Crippen molar-refractivity contribution >= 4 is 69.7 Å². The third-order valence-corrected chi connectivity index (χ3v) is 3.84. The zero-order valence-corrected chi connectivity index (χ0v) is 16.7. The quantitative estimate of drug-likeness (QED) is 0.280. The van der Waals surface area contributed by atoms with E-state index in [1.165, 1.54) is 7.11 Å². The van der Waals surface area contributed by atoms with Crippen LogP contribution in [-0.2, 0) is 9.53 Å². The Labute approximate surface area is 166 Å². The predicted octanol–water partition coefficient (Wildman–Crippen LogP) is 3.37. The number of anilines is 1. The minimum Gasteiger partial charge on any atom is -0.465 e. The fraction of sp³-hybridized carbons (Fsp3) is 0.400. The predicted molar refractivity (Wildman–Crippen MR) is 104 cm³/mol. The normalized spacial score (nSPS) is 12.0. The number of carbonyl (C=O) groups is 2. The molecule has 25 heavy (non-hydrogen) atoms. The average molecular weight is 427 g/mol. The number of rotatable bonds is 6. The molecule has 0 aliphatic rings. The van der Waals surface area contributed by atoms with E-state index in [-0.39, 0.29) is 23.0 Å². The van der Waals surface area contributed by atoms with E-state index in [2.05, 4.69) is 16.0 Å². The largest absolute Gasteiger partial charge is 0.465 e. The fourth-order valence-electron chi connectivity index (χ4n) is 1.83. The van der Waals surface area contributed by atoms with Crippen molar-refractivity contribution in [3.63, 3.8) is 0 Å². The van der Waals surface area contributed by atoms with Crippen molar-refractivity contribution in [2.45, 2.75) is 29.7 Å². The first-order chi connectivity index (χ1) is 11.7. The SMILES string of the molecule is CCCC(=O)NC(NC(=S)Nc1ccccc1C(=O)OC)C(Cl)(Cl)Cl. The van der Waals surface area contributed by atoms with E-state index >= 15 is 0 Å². The number of hydrogen-bond acceptors (Lipinski definition) is 4. The van der Waals surface area contributed by atoms with Gasteiger partial charge in [-0.05, 0) is 30.8 Å². The summed E-state index contributed by atoms with van der Waals surface area (Å²) in [7, 11) is 1.28. The Balaban J connectivity index is 2.85. The van der Waals surface area contributed by atoms with Crippen molar-refractivity contribution < 1.29 is 14.3 Å². The van der Waals surface area contributed by atoms with Crippen molar-refractivity contribution in [2.75, 3.05) is 12.4 Å². The standard InChI is InChI=1S/C15H18Cl3N3O3S/c1-3-6-11(22)20-13(15(16,17)18)21-14(25)19-10-8-5-4-7-9(10)12(23)24-2/h4-5,7-8,13H,3,6H2,1-2H3,(H,20,22)(H2,19,21,25). The number of carbonyl (C=O) groups excluding carboxylic acids is 2. The molecule has 0 fully saturated rings. The van der Waals surface area contributed by atoms with Crippen LogP contribution in [0.5, 0.6) is 0 Å². The van der Waals surface area contributed by atoms with Crippen LogP contribution in [0.1, 0.15) is 30.1 Å². The summed E-state index contributed by atoms with van der Waals surface area (Å²) in [5.74, 6) is -0.816. The van der Waals surface area contributed by atoms with Gasteiger partial charge >= 0.3 is 5.97 Å². The smallest absolute Gasteiger partial charge is 0.339 e. The molecule has 0 spiro atoms. The monoisotopic (exact) mass is 425 g/mol. The molecule has 0 radical (unpaired) electrons. The third-order valence-electron chi connectivity index (χ3n) is 2.97. The molecule has 138 valence electrons. The summed E-state index contributed by atoms with van der Waals surface area (Å²) >= 11 is 22.8. The number of ether oxygens (including phenoxy) is 1. The molecular weight excluding hydrogens is 409 g/mol. The minimum absolute atomic E-state index is 0.0597. The van der Waals surface area contributed by atoms with Gasteiger partial charge in [-0.3, -0.25) is 4.79 Å². The summed E-state index contributed by atoms with van der Waals surface area (Å²) in [6, 6.07) is 6.61. The number of nitrogens with one attached hydrogen (secondary N) is 3. The Hall–Kier alpha value is -1.28. The second-order valence-electron chi connectivity index (χ2n) is 4.93. The highest BCUT2D eigenvalue weighted by Crippen LogP contribution is 2.29. The highest BCUT2D eigenvalue weighted by Gasteiger charge is 2.34. The zero-order chi connectivity index (χ0) is 19.0. The summed E-state index contributed by atoms with van der Waals surface area (Å²) in [5.41, 5.74) is 0.699. The van der Waals surface area contributed by atoms with Crippen molar-refractivity contribution in [2.24, 2.45) is 0 Å². The molecule has 1 amide bonds. The number of esters is 1. The van der Waals surface area contributed by atoms with Gasteiger partial charge in [0.25, 0.3) is 0 Å². The number of thiocarbonyl (C=S) groups is 1. The summed E-state index contributed by atoms with van der Waals surface area (Å²) < 4.78 is 2.87. The van der Waals surface area contributed by atoms with Gasteiger partial charge in [-0.1, -0.05) is 53.9 Å². The number of halogens is 3. The number of methoxy groups -OCH3 is 1. The lowest BCUT2D eigenvalue weighted by atomic mass is 10.2. The Morgan fingerprint density at radius 3 is 2.44 bits per heavy atom. The molecule has 3 N–H and O–H groups in total. The second-order valence-corrected chi connectivity index (χ2v) is 7.70. The first-order valence-electron chi connectivity index (χ1n) is 7.30. The van der Waals surface area contributed by atoms with Crippen molar-refractivity contribution in [1.82, 2.24) is 10.6 Å². The van der Waals surface area contributed by atoms with Gasteiger partial charge in [-0.2, -0.15) is 0 Å². The van der Waals surface area contributed by atoms with Gasteiger partial charge in [0.15, 0.2) is 5.11 Å². The number of amides is 1. The minimum atomic E-state index is -1.84. The van der Waals surface area contributed by atoms with Crippen molar-refractivity contribution in [3.8, 4) is 0 Å². The van der Waals surface area contributed by atoms with E-state index in [1.54, 1.807) is 24.3 Å². The Morgan fingerprint density at radius 2 is 1.88 bits per heavy atom. The molecular formula is C15H18Cl3N3O3S. The maximum Gasteiger partial charge on any atom is 0.339 e. The number of hydrogen-bond donors (Lipinski definition) is 3. The molecule has 1 unspecified atom stereocenters. The summed E-state index contributed by atoms with van der Waals surface area (Å²) in [6.07, 6.45) is -0.125. The zero-order valence-electron chi connectivity index (χ0n) is 13.6. The first kappa shape index (κ1) is 21.8. The molecule has 1 rings (SSSR count). The molecule has 0 saturated carbocycles. The van der Waals surface area contributed by atoms with Gasteiger partial charge in [0.1, 0.15) is 6.17 Å². The van der Waals surface area contributed by atoms with E-state index in [4.69, 9.17) is 51.8 Å². The number of para-hydroxylation sites is 1. The van der Waals surface area contributed by atoms with E-state index in [1.807, 2.05) is 6.92 Å². The molecule has 1 atom stereocenters. The Morgan fingerprint density at radius 1 is 1.24 bits per heavy atom. The van der Waals surface area contributed by atoms with Crippen molar-refractivity contribution in [1.29, 1.82) is 0 Å². The van der Waals surface area contributed by atoms with Gasteiger partial charge < -0.3 is 20.7 Å². The second kappa shape index (κ2) is 10.0. The highest BCUT2D eigenvalue weighted by atomic mass is 35.6. The van der Waals surface area contributed by atoms with E-state index < -0.39 is 15.9 Å². The Bertz CT molecular complexity index is 638. The van der Waals surface area contributed by atoms with Crippen LogP contribution >= 0.6 is 47.0 Å². The lowest BCUT2D eigenvalue weighted by molar-refractivity contribution is -0.121. The number of benzene rings is 1. The van der Waals surface area contributed by atoms with Gasteiger partial charge in [0.2, 0.25) is 9.70 Å². The van der Waals surface area contributed by atoms with Crippen LogP contribution in [0.4, 0.5) is 5.69 Å². The highest BCUT2D eigenvalue weighted by molar-refractivity contribution is 7.80. The fourth-order valence-corrected chi connectivity index (χ4v) is 2.38. The molecule has 1 aromatic carbocycles. The Kier molecular flexibility index (Phi) is 8.71. The van der Waals surface area contributed by atoms with Crippen molar-refractivity contribution in [3.05, 3.63) is 29.8 Å². The molecule has 1 aromatic rings. The lowest BCUT2D eigenvalue weighted by Gasteiger charge is -2.28. The molecule has 0 aromatic heterocycles. The molecule has 10 heteroatoms. The maximum atomic E-state index is 11.8. The van der Waals surface area contributed by atoms with Gasteiger partial charge in [-0.25, -0.2) is 4.79 Å². The number of alkyl halides is 3. The average Bonchev–Trinajstić information content (AvgIpc) is 2.53. The third kappa shape index (κ3) is 7.23. The molecule has 0 aliphatic heterocycles. The van der Waals surface area contributed by atoms with Crippen LogP contribution in [0.25, 0.3) is 0 Å². The van der Waals surface area contributed by atoms with Crippen LogP contribution < -0.4 is 16.0 Å².